The Kier molecular flexibility index (Phi) is 2.91. The molecule has 0 unspecified atom stereocenters. The Labute approximate surface area is 84.9 Å². The molecule has 0 N–H and O–H groups in total. The van der Waals surface area contributed by atoms with E-state index in [4.69, 9.17) is 11.6 Å². The van der Waals surface area contributed by atoms with Crippen LogP contribution < -0.4 is 0 Å². The summed E-state index contributed by atoms with van der Waals surface area (Å²) in [5.74, 6) is 0. The lowest BCUT2D eigenvalue weighted by Crippen LogP contribution is -1.95. The van der Waals surface area contributed by atoms with E-state index in [0.29, 0.717) is 5.56 Å². The van der Waals surface area contributed by atoms with Gasteiger partial charge in [0.05, 0.1) is 0 Å². The highest BCUT2D eigenvalue weighted by molar-refractivity contribution is 9.10. The number of benzene rings is 1. The van der Waals surface area contributed by atoms with E-state index in [-0.39, 0.29) is 0 Å². The molecule has 64 valence electrons. The van der Waals surface area contributed by atoms with Gasteiger partial charge in [0.25, 0.3) is 5.24 Å². The Balaban J connectivity index is 3.36. The standard InChI is InChI=1S/C9H8BrClO/c1-5-3-4-7(9(11)12)6(2)8(5)10/h3-4H,1-2H3. The van der Waals surface area contributed by atoms with Gasteiger partial charge in [-0.15, -0.1) is 0 Å². The van der Waals surface area contributed by atoms with Crippen molar-refractivity contribution in [3.8, 4) is 0 Å². The van der Waals surface area contributed by atoms with Crippen molar-refractivity contribution in [1.82, 2.24) is 0 Å². The molecule has 0 amide bonds. The summed E-state index contributed by atoms with van der Waals surface area (Å²) in [6.07, 6.45) is 0. The van der Waals surface area contributed by atoms with Crippen LogP contribution in [0.2, 0.25) is 0 Å². The first kappa shape index (κ1) is 9.75. The zero-order valence-electron chi connectivity index (χ0n) is 6.82. The molecule has 0 aromatic heterocycles. The van der Waals surface area contributed by atoms with E-state index in [0.717, 1.165) is 15.6 Å². The molecule has 0 fully saturated rings. The minimum Gasteiger partial charge on any atom is -0.276 e. The topological polar surface area (TPSA) is 17.1 Å². The largest absolute Gasteiger partial charge is 0.276 e. The predicted octanol–water partition coefficient (Wildman–Crippen LogP) is 3.44. The number of halogens is 2. The normalized spacial score (nSPS) is 10.0. The van der Waals surface area contributed by atoms with Crippen molar-refractivity contribution in [2.24, 2.45) is 0 Å². The fourth-order valence-electron chi connectivity index (χ4n) is 1.03. The maximum absolute atomic E-state index is 10.9. The van der Waals surface area contributed by atoms with Gasteiger partial charge in [0.15, 0.2) is 0 Å². The van der Waals surface area contributed by atoms with Crippen molar-refractivity contribution in [1.29, 1.82) is 0 Å². The van der Waals surface area contributed by atoms with E-state index in [9.17, 15) is 4.79 Å². The lowest BCUT2D eigenvalue weighted by molar-refractivity contribution is 0.108. The van der Waals surface area contributed by atoms with Gasteiger partial charge in [-0.2, -0.15) is 0 Å². The van der Waals surface area contributed by atoms with E-state index in [1.807, 2.05) is 19.9 Å². The van der Waals surface area contributed by atoms with Crippen molar-refractivity contribution < 1.29 is 4.79 Å². The molecular formula is C9H8BrClO. The first-order valence-corrected chi connectivity index (χ1v) is 4.66. The van der Waals surface area contributed by atoms with Crippen molar-refractivity contribution >= 4 is 32.8 Å². The first-order chi connectivity index (χ1) is 5.54. The van der Waals surface area contributed by atoms with E-state index >= 15 is 0 Å². The Morgan fingerprint density at radius 2 is 2.00 bits per heavy atom. The number of hydrogen-bond acceptors (Lipinski definition) is 1. The SMILES string of the molecule is Cc1ccc(C(=O)Cl)c(C)c1Br. The molecule has 0 aliphatic carbocycles. The Hall–Kier alpha value is -0.340. The van der Waals surface area contributed by atoms with Crippen LogP contribution in [0, 0.1) is 13.8 Å². The maximum atomic E-state index is 10.9. The highest BCUT2D eigenvalue weighted by atomic mass is 79.9. The molecule has 0 bridgehead atoms. The first-order valence-electron chi connectivity index (χ1n) is 3.49. The Morgan fingerprint density at radius 3 is 2.50 bits per heavy atom. The molecule has 0 saturated heterocycles. The second-order valence-corrected chi connectivity index (χ2v) is 3.78. The Morgan fingerprint density at radius 1 is 1.42 bits per heavy atom. The van der Waals surface area contributed by atoms with E-state index in [1.165, 1.54) is 0 Å². The summed E-state index contributed by atoms with van der Waals surface area (Å²) in [4.78, 5) is 10.9. The van der Waals surface area contributed by atoms with Crippen LogP contribution in [-0.2, 0) is 0 Å². The molecule has 0 radical (unpaired) electrons. The molecule has 12 heavy (non-hydrogen) atoms. The molecule has 3 heteroatoms. The predicted molar refractivity (Wildman–Crippen MR) is 53.8 cm³/mol. The molecule has 0 atom stereocenters. The average molecular weight is 248 g/mol. The van der Waals surface area contributed by atoms with Gasteiger partial charge >= 0.3 is 0 Å². The third-order valence-corrected chi connectivity index (χ3v) is 3.21. The van der Waals surface area contributed by atoms with Gasteiger partial charge in [0.2, 0.25) is 0 Å². The average Bonchev–Trinajstić information content (AvgIpc) is 2.00. The number of carbonyl (C=O) groups excluding carboxylic acids is 1. The monoisotopic (exact) mass is 246 g/mol. The number of hydrogen-bond donors (Lipinski definition) is 0. The number of aryl methyl sites for hydroxylation is 1. The van der Waals surface area contributed by atoms with Crippen molar-refractivity contribution in [3.05, 3.63) is 33.3 Å². The second-order valence-electron chi connectivity index (χ2n) is 2.64. The summed E-state index contributed by atoms with van der Waals surface area (Å²) in [6, 6.07) is 3.61. The van der Waals surface area contributed by atoms with E-state index in [2.05, 4.69) is 15.9 Å². The molecule has 0 aliphatic rings. The van der Waals surface area contributed by atoms with Gasteiger partial charge in [0.1, 0.15) is 0 Å². The lowest BCUT2D eigenvalue weighted by Gasteiger charge is -2.05. The number of carbonyl (C=O) groups is 1. The third-order valence-electron chi connectivity index (χ3n) is 1.79. The minimum atomic E-state index is -0.409. The number of rotatable bonds is 1. The van der Waals surface area contributed by atoms with Crippen LogP contribution in [0.3, 0.4) is 0 Å². The molecule has 1 rings (SSSR count). The summed E-state index contributed by atoms with van der Waals surface area (Å²) in [6.45, 7) is 3.84. The second kappa shape index (κ2) is 3.58. The third kappa shape index (κ3) is 1.70. The summed E-state index contributed by atoms with van der Waals surface area (Å²) in [5, 5.41) is -0.409. The molecule has 1 nitrogen and oxygen atoms in total. The molecule has 1 aromatic carbocycles. The van der Waals surface area contributed by atoms with Crippen LogP contribution in [0.15, 0.2) is 16.6 Å². The zero-order chi connectivity index (χ0) is 9.30. The van der Waals surface area contributed by atoms with Gasteiger partial charge in [-0.05, 0) is 42.6 Å². The molecule has 1 aromatic rings. The molecular weight excluding hydrogens is 239 g/mol. The summed E-state index contributed by atoms with van der Waals surface area (Å²) in [7, 11) is 0. The van der Waals surface area contributed by atoms with Crippen molar-refractivity contribution in [2.75, 3.05) is 0 Å². The maximum Gasteiger partial charge on any atom is 0.252 e. The molecule has 0 heterocycles. The van der Waals surface area contributed by atoms with Crippen molar-refractivity contribution in [2.45, 2.75) is 13.8 Å². The van der Waals surface area contributed by atoms with Crippen molar-refractivity contribution in [3.63, 3.8) is 0 Å². The van der Waals surface area contributed by atoms with E-state index < -0.39 is 5.24 Å². The summed E-state index contributed by atoms with van der Waals surface area (Å²) >= 11 is 8.76. The van der Waals surface area contributed by atoms with Crippen LogP contribution in [0.1, 0.15) is 21.5 Å². The van der Waals surface area contributed by atoms with Gasteiger partial charge in [-0.25, -0.2) is 0 Å². The molecule has 0 spiro atoms. The van der Waals surface area contributed by atoms with Gasteiger partial charge in [0, 0.05) is 10.0 Å². The highest BCUT2D eigenvalue weighted by Gasteiger charge is 2.09. The minimum absolute atomic E-state index is 0.409. The fraction of sp³-hybridized carbons (Fsp3) is 0.222. The van der Waals surface area contributed by atoms with Crippen LogP contribution in [-0.4, -0.2) is 5.24 Å². The van der Waals surface area contributed by atoms with Crippen LogP contribution in [0.25, 0.3) is 0 Å². The molecule has 0 saturated carbocycles. The van der Waals surface area contributed by atoms with Crippen LogP contribution in [0.4, 0.5) is 0 Å². The molecule has 0 aliphatic heterocycles. The smallest absolute Gasteiger partial charge is 0.252 e. The zero-order valence-corrected chi connectivity index (χ0v) is 9.16. The quantitative estimate of drug-likeness (QED) is 0.695. The van der Waals surface area contributed by atoms with Gasteiger partial charge in [-0.3, -0.25) is 4.79 Å². The highest BCUT2D eigenvalue weighted by Crippen LogP contribution is 2.24. The Bertz CT molecular complexity index is 334. The van der Waals surface area contributed by atoms with Gasteiger partial charge < -0.3 is 0 Å². The van der Waals surface area contributed by atoms with Gasteiger partial charge in [-0.1, -0.05) is 22.0 Å². The lowest BCUT2D eigenvalue weighted by atomic mass is 10.1. The van der Waals surface area contributed by atoms with Crippen LogP contribution >= 0.6 is 27.5 Å². The van der Waals surface area contributed by atoms with E-state index in [1.54, 1.807) is 6.07 Å². The fourth-order valence-corrected chi connectivity index (χ4v) is 1.58. The summed E-state index contributed by atoms with van der Waals surface area (Å²) < 4.78 is 0.953. The van der Waals surface area contributed by atoms with Crippen LogP contribution in [0.5, 0.6) is 0 Å². The summed E-state index contributed by atoms with van der Waals surface area (Å²) in [5.41, 5.74) is 2.57.